The molecule has 0 spiro atoms. The Labute approximate surface area is 117 Å². The Morgan fingerprint density at radius 2 is 1.84 bits per heavy atom. The third-order valence-corrected chi connectivity index (χ3v) is 3.47. The monoisotopic (exact) mass is 256 g/mol. The van der Waals surface area contributed by atoms with E-state index in [2.05, 4.69) is 37.3 Å². The molecule has 19 heavy (non-hydrogen) atoms. The van der Waals surface area contributed by atoms with Gasteiger partial charge in [-0.2, -0.15) is 0 Å². The number of rotatable bonds is 7. The second-order valence-electron chi connectivity index (χ2n) is 5.23. The van der Waals surface area contributed by atoms with Crippen molar-refractivity contribution in [3.05, 3.63) is 53.6 Å². The Balaban J connectivity index is 1.53. The fraction of sp³-hybridized carbons (Fsp3) is 0.444. The summed E-state index contributed by atoms with van der Waals surface area (Å²) in [4.78, 5) is 0. The fourth-order valence-electron chi connectivity index (χ4n) is 2.29. The minimum atomic E-state index is 0.831. The van der Waals surface area contributed by atoms with Gasteiger partial charge in [0.05, 0.1) is 6.61 Å². The molecule has 0 saturated carbocycles. The van der Waals surface area contributed by atoms with Gasteiger partial charge < -0.3 is 4.74 Å². The standard InChI is InChI=1S/C18H24O/c1-16-11-13-18(14-12-16)19-15-7-3-6-10-17-8-4-2-5-9-17/h4,8-9,11-14H,2-3,5-7,10,15H2,1H3. The van der Waals surface area contributed by atoms with Crippen LogP contribution >= 0.6 is 0 Å². The predicted octanol–water partition coefficient (Wildman–Crippen LogP) is 5.21. The summed E-state index contributed by atoms with van der Waals surface area (Å²) >= 11 is 0. The van der Waals surface area contributed by atoms with Gasteiger partial charge in [0.25, 0.3) is 0 Å². The van der Waals surface area contributed by atoms with Crippen LogP contribution in [-0.4, -0.2) is 6.61 Å². The van der Waals surface area contributed by atoms with Gasteiger partial charge in [0.1, 0.15) is 5.75 Å². The molecule has 1 aliphatic carbocycles. The van der Waals surface area contributed by atoms with Gasteiger partial charge in [-0.1, -0.05) is 41.5 Å². The zero-order valence-electron chi connectivity index (χ0n) is 11.9. The predicted molar refractivity (Wildman–Crippen MR) is 81.6 cm³/mol. The van der Waals surface area contributed by atoms with E-state index in [-0.39, 0.29) is 0 Å². The molecule has 0 N–H and O–H groups in total. The smallest absolute Gasteiger partial charge is 0.119 e. The van der Waals surface area contributed by atoms with Gasteiger partial charge in [0, 0.05) is 0 Å². The summed E-state index contributed by atoms with van der Waals surface area (Å²) in [5.74, 6) is 0.989. The molecule has 102 valence electrons. The van der Waals surface area contributed by atoms with E-state index >= 15 is 0 Å². The van der Waals surface area contributed by atoms with Gasteiger partial charge in [-0.25, -0.2) is 0 Å². The summed E-state index contributed by atoms with van der Waals surface area (Å²) in [5.41, 5.74) is 2.80. The average Bonchev–Trinajstić information content (AvgIpc) is 2.46. The summed E-state index contributed by atoms with van der Waals surface area (Å²) in [7, 11) is 0. The molecule has 0 bridgehead atoms. The third kappa shape index (κ3) is 5.34. The molecule has 0 aromatic heterocycles. The van der Waals surface area contributed by atoms with Crippen molar-refractivity contribution < 1.29 is 4.74 Å². The molecule has 1 heteroatoms. The van der Waals surface area contributed by atoms with Gasteiger partial charge in [-0.3, -0.25) is 0 Å². The minimum Gasteiger partial charge on any atom is -0.494 e. The Morgan fingerprint density at radius 1 is 1.00 bits per heavy atom. The zero-order chi connectivity index (χ0) is 13.3. The van der Waals surface area contributed by atoms with Gasteiger partial charge in [-0.05, 0) is 57.6 Å². The molecule has 1 nitrogen and oxygen atoms in total. The van der Waals surface area contributed by atoms with E-state index in [9.17, 15) is 0 Å². The largest absolute Gasteiger partial charge is 0.494 e. The van der Waals surface area contributed by atoms with Crippen LogP contribution in [0.1, 0.15) is 44.1 Å². The lowest BCUT2D eigenvalue weighted by atomic mass is 10.0. The quantitative estimate of drug-likeness (QED) is 0.608. The Morgan fingerprint density at radius 3 is 2.58 bits per heavy atom. The van der Waals surface area contributed by atoms with Crippen molar-refractivity contribution in [2.45, 2.75) is 45.4 Å². The van der Waals surface area contributed by atoms with Crippen molar-refractivity contribution in [3.8, 4) is 5.75 Å². The number of hydrogen-bond donors (Lipinski definition) is 0. The normalized spacial score (nSPS) is 14.3. The minimum absolute atomic E-state index is 0.831. The molecule has 0 saturated heterocycles. The lowest BCUT2D eigenvalue weighted by molar-refractivity contribution is 0.305. The summed E-state index contributed by atoms with van der Waals surface area (Å²) in [6.07, 6.45) is 14.3. The van der Waals surface area contributed by atoms with Crippen LogP contribution in [0.4, 0.5) is 0 Å². The molecule has 0 radical (unpaired) electrons. The van der Waals surface area contributed by atoms with Crippen molar-refractivity contribution in [2.75, 3.05) is 6.61 Å². The molecule has 0 atom stereocenters. The van der Waals surface area contributed by atoms with E-state index in [1.165, 1.54) is 43.2 Å². The number of unbranched alkanes of at least 4 members (excludes halogenated alkanes) is 2. The van der Waals surface area contributed by atoms with Crippen molar-refractivity contribution in [1.29, 1.82) is 0 Å². The fourth-order valence-corrected chi connectivity index (χ4v) is 2.29. The van der Waals surface area contributed by atoms with E-state index in [0.29, 0.717) is 0 Å². The summed E-state index contributed by atoms with van der Waals surface area (Å²) in [6, 6.07) is 8.29. The Bertz CT molecular complexity index is 426. The first-order chi connectivity index (χ1) is 9.34. The second kappa shape index (κ2) is 7.83. The van der Waals surface area contributed by atoms with Crippen LogP contribution in [-0.2, 0) is 0 Å². The molecule has 0 heterocycles. The highest BCUT2D eigenvalue weighted by Crippen LogP contribution is 2.17. The number of allylic oxidation sites excluding steroid dienone is 4. The highest BCUT2D eigenvalue weighted by atomic mass is 16.5. The van der Waals surface area contributed by atoms with Gasteiger partial charge in [0.15, 0.2) is 0 Å². The van der Waals surface area contributed by atoms with Crippen LogP contribution in [0.25, 0.3) is 0 Å². The maximum absolute atomic E-state index is 5.72. The van der Waals surface area contributed by atoms with Crippen molar-refractivity contribution in [2.24, 2.45) is 0 Å². The number of ether oxygens (including phenoxy) is 1. The lowest BCUT2D eigenvalue weighted by Crippen LogP contribution is -1.97. The molecule has 0 aliphatic heterocycles. The Kier molecular flexibility index (Phi) is 5.74. The van der Waals surface area contributed by atoms with Crippen molar-refractivity contribution in [3.63, 3.8) is 0 Å². The maximum atomic E-state index is 5.72. The maximum Gasteiger partial charge on any atom is 0.119 e. The highest BCUT2D eigenvalue weighted by molar-refractivity contribution is 5.26. The first kappa shape index (κ1) is 13.9. The first-order valence-electron chi connectivity index (χ1n) is 7.39. The van der Waals surface area contributed by atoms with Crippen LogP contribution in [0.3, 0.4) is 0 Å². The summed E-state index contributed by atoms with van der Waals surface area (Å²) in [5, 5.41) is 0. The molecular weight excluding hydrogens is 232 g/mol. The summed E-state index contributed by atoms with van der Waals surface area (Å²) < 4.78 is 5.72. The van der Waals surface area contributed by atoms with Gasteiger partial charge in [0.2, 0.25) is 0 Å². The van der Waals surface area contributed by atoms with E-state index in [4.69, 9.17) is 4.74 Å². The molecule has 0 fully saturated rings. The van der Waals surface area contributed by atoms with Gasteiger partial charge >= 0.3 is 0 Å². The molecule has 1 aliphatic rings. The van der Waals surface area contributed by atoms with Crippen LogP contribution < -0.4 is 4.74 Å². The van der Waals surface area contributed by atoms with E-state index in [0.717, 1.165) is 18.8 Å². The van der Waals surface area contributed by atoms with Crippen LogP contribution in [0.15, 0.2) is 48.1 Å². The van der Waals surface area contributed by atoms with Crippen LogP contribution in [0.2, 0.25) is 0 Å². The zero-order valence-corrected chi connectivity index (χ0v) is 11.9. The number of hydrogen-bond acceptors (Lipinski definition) is 1. The molecule has 2 rings (SSSR count). The number of benzene rings is 1. The van der Waals surface area contributed by atoms with Gasteiger partial charge in [-0.15, -0.1) is 0 Å². The van der Waals surface area contributed by atoms with Crippen LogP contribution in [0, 0.1) is 6.92 Å². The molecular formula is C18H24O. The van der Waals surface area contributed by atoms with Crippen molar-refractivity contribution >= 4 is 0 Å². The first-order valence-corrected chi connectivity index (χ1v) is 7.39. The number of aryl methyl sites for hydroxylation is 1. The molecule has 1 aromatic carbocycles. The summed E-state index contributed by atoms with van der Waals surface area (Å²) in [6.45, 7) is 2.93. The second-order valence-corrected chi connectivity index (χ2v) is 5.23. The lowest BCUT2D eigenvalue weighted by Gasteiger charge is -2.08. The van der Waals surface area contributed by atoms with E-state index < -0.39 is 0 Å². The average molecular weight is 256 g/mol. The van der Waals surface area contributed by atoms with E-state index in [1.807, 2.05) is 12.1 Å². The molecule has 1 aromatic rings. The van der Waals surface area contributed by atoms with Crippen molar-refractivity contribution in [1.82, 2.24) is 0 Å². The SMILES string of the molecule is Cc1ccc(OCCCCCC2=CCCC=C2)cc1. The Hall–Kier alpha value is -1.50. The highest BCUT2D eigenvalue weighted by Gasteiger charge is 1.98. The third-order valence-electron chi connectivity index (χ3n) is 3.47. The molecule has 0 amide bonds. The van der Waals surface area contributed by atoms with Crippen LogP contribution in [0.5, 0.6) is 5.75 Å². The van der Waals surface area contributed by atoms with E-state index in [1.54, 1.807) is 0 Å². The topological polar surface area (TPSA) is 9.23 Å². The molecule has 0 unspecified atom stereocenters.